The van der Waals surface area contributed by atoms with Gasteiger partial charge in [-0.05, 0) is 12.8 Å². The molecule has 0 saturated carbocycles. The summed E-state index contributed by atoms with van der Waals surface area (Å²) >= 11 is 0. The van der Waals surface area contributed by atoms with E-state index in [1.54, 1.807) is 0 Å². The molecule has 0 aliphatic heterocycles. The van der Waals surface area contributed by atoms with Crippen molar-refractivity contribution in [3.8, 4) is 0 Å². The summed E-state index contributed by atoms with van der Waals surface area (Å²) in [6, 6.07) is 0. The van der Waals surface area contributed by atoms with Gasteiger partial charge < -0.3 is 9.66 Å². The molecule has 0 amide bonds. The second-order valence-corrected chi connectivity index (χ2v) is 5.78. The smallest absolute Gasteiger partial charge is 0.748 e. The van der Waals surface area contributed by atoms with Gasteiger partial charge >= 0.3 is 51.4 Å². The molecular formula is C11H23KO4S. The van der Waals surface area contributed by atoms with Gasteiger partial charge in [0.25, 0.3) is 0 Å². The number of aliphatic hydroxyl groups excluding tert-OH is 1. The first kappa shape index (κ1) is 20.8. The minimum atomic E-state index is -4.17. The zero-order chi connectivity index (χ0) is 12.4. The molecule has 0 spiro atoms. The quantitative estimate of drug-likeness (QED) is 0.319. The Kier molecular flexibility index (Phi) is 15.3. The Labute approximate surface area is 148 Å². The Balaban J connectivity index is 0. The Morgan fingerprint density at radius 1 is 1.06 bits per heavy atom. The third kappa shape index (κ3) is 17.5. The Morgan fingerprint density at radius 2 is 1.59 bits per heavy atom. The Bertz CT molecular complexity index is 254. The largest absolute Gasteiger partial charge is 1.00 e. The van der Waals surface area contributed by atoms with Crippen molar-refractivity contribution in [3.05, 3.63) is 0 Å². The molecule has 6 heteroatoms. The normalized spacial score (nSPS) is 13.1. The van der Waals surface area contributed by atoms with E-state index < -0.39 is 22.0 Å². The zero-order valence-corrected chi connectivity index (χ0v) is 15.0. The van der Waals surface area contributed by atoms with Gasteiger partial charge in [0.1, 0.15) is 0 Å². The van der Waals surface area contributed by atoms with Gasteiger partial charge in [0.05, 0.1) is 16.2 Å². The van der Waals surface area contributed by atoms with E-state index in [1.165, 1.54) is 25.7 Å². The van der Waals surface area contributed by atoms with Crippen LogP contribution in [0.5, 0.6) is 0 Å². The number of aliphatic hydroxyl groups is 1. The summed E-state index contributed by atoms with van der Waals surface area (Å²) in [5.41, 5.74) is 0. The second-order valence-electron chi connectivity index (χ2n) is 4.26. The van der Waals surface area contributed by atoms with Crippen molar-refractivity contribution >= 4 is 10.1 Å². The fraction of sp³-hybridized carbons (Fsp3) is 1.00. The first-order valence-corrected chi connectivity index (χ1v) is 7.65. The van der Waals surface area contributed by atoms with Crippen LogP contribution in [0.15, 0.2) is 0 Å². The van der Waals surface area contributed by atoms with Gasteiger partial charge in [-0.15, -0.1) is 0 Å². The molecule has 0 radical (unpaired) electrons. The predicted octanol–water partition coefficient (Wildman–Crippen LogP) is -0.963. The molecule has 0 rings (SSSR count). The van der Waals surface area contributed by atoms with E-state index in [2.05, 4.69) is 6.92 Å². The molecule has 0 aromatic rings. The second kappa shape index (κ2) is 12.5. The molecule has 1 N–H and O–H groups in total. The van der Waals surface area contributed by atoms with Crippen LogP contribution < -0.4 is 51.4 Å². The van der Waals surface area contributed by atoms with Crippen molar-refractivity contribution in [3.63, 3.8) is 0 Å². The standard InChI is InChI=1S/C11H24O4S.K/c1-2-3-4-5-6-7-8-11(12)9-10-16(13,14)15;/h11-12H,2-10H2,1H3,(H,13,14,15);/q;+1/p-1. The first-order valence-electron chi connectivity index (χ1n) is 6.07. The monoisotopic (exact) mass is 290 g/mol. The summed E-state index contributed by atoms with van der Waals surface area (Å²) in [4.78, 5) is 0. The van der Waals surface area contributed by atoms with Crippen molar-refractivity contribution in [2.24, 2.45) is 0 Å². The summed E-state index contributed by atoms with van der Waals surface area (Å²) in [6.45, 7) is 2.16. The topological polar surface area (TPSA) is 77.4 Å². The van der Waals surface area contributed by atoms with Gasteiger partial charge in [-0.1, -0.05) is 45.4 Å². The van der Waals surface area contributed by atoms with Crippen LogP contribution >= 0.6 is 0 Å². The van der Waals surface area contributed by atoms with Crippen molar-refractivity contribution in [2.75, 3.05) is 5.75 Å². The summed E-state index contributed by atoms with van der Waals surface area (Å²) in [6.07, 6.45) is 6.85. The molecule has 1 unspecified atom stereocenters. The maximum Gasteiger partial charge on any atom is 1.00 e. The molecular weight excluding hydrogens is 267 g/mol. The minimum Gasteiger partial charge on any atom is -0.748 e. The molecule has 0 heterocycles. The molecule has 0 aliphatic rings. The fourth-order valence-corrected chi connectivity index (χ4v) is 2.15. The van der Waals surface area contributed by atoms with Crippen LogP contribution in [0.1, 0.15) is 58.3 Å². The summed E-state index contributed by atoms with van der Waals surface area (Å²) < 4.78 is 31.0. The molecule has 0 saturated heterocycles. The number of hydrogen-bond donors (Lipinski definition) is 1. The zero-order valence-electron chi connectivity index (χ0n) is 11.0. The van der Waals surface area contributed by atoms with E-state index in [-0.39, 0.29) is 57.8 Å². The van der Waals surface area contributed by atoms with E-state index in [4.69, 9.17) is 0 Å². The number of rotatable bonds is 10. The molecule has 0 bridgehead atoms. The van der Waals surface area contributed by atoms with E-state index in [0.29, 0.717) is 6.42 Å². The van der Waals surface area contributed by atoms with Crippen molar-refractivity contribution in [1.29, 1.82) is 0 Å². The third-order valence-corrected chi connectivity index (χ3v) is 3.33. The molecule has 17 heavy (non-hydrogen) atoms. The number of unbranched alkanes of at least 4 members (excludes halogenated alkanes) is 5. The molecule has 0 aromatic carbocycles. The van der Waals surface area contributed by atoms with Gasteiger partial charge in [0.2, 0.25) is 0 Å². The van der Waals surface area contributed by atoms with Gasteiger partial charge in [-0.25, -0.2) is 8.42 Å². The first-order chi connectivity index (χ1) is 7.45. The van der Waals surface area contributed by atoms with E-state index in [1.807, 2.05) is 0 Å². The van der Waals surface area contributed by atoms with Crippen LogP contribution in [-0.4, -0.2) is 29.9 Å². The predicted molar refractivity (Wildman–Crippen MR) is 63.2 cm³/mol. The maximum atomic E-state index is 10.3. The molecule has 0 aliphatic carbocycles. The SMILES string of the molecule is CCCCCCCCC(O)CCS(=O)(=O)[O-].[K+]. The summed E-state index contributed by atoms with van der Waals surface area (Å²) in [7, 11) is -4.17. The molecule has 0 aromatic heterocycles. The third-order valence-electron chi connectivity index (χ3n) is 2.59. The summed E-state index contributed by atoms with van der Waals surface area (Å²) in [5, 5.41) is 9.41. The van der Waals surface area contributed by atoms with Crippen LogP contribution in [0.2, 0.25) is 0 Å². The van der Waals surface area contributed by atoms with Crippen LogP contribution in [0.3, 0.4) is 0 Å². The fourth-order valence-electron chi connectivity index (χ4n) is 1.59. The molecule has 1 atom stereocenters. The average Bonchev–Trinajstić information content (AvgIpc) is 2.19. The Morgan fingerprint density at radius 3 is 2.12 bits per heavy atom. The number of hydrogen-bond acceptors (Lipinski definition) is 4. The van der Waals surface area contributed by atoms with E-state index >= 15 is 0 Å². The van der Waals surface area contributed by atoms with Gasteiger partial charge in [-0.2, -0.15) is 0 Å². The van der Waals surface area contributed by atoms with E-state index in [0.717, 1.165) is 12.8 Å². The minimum absolute atomic E-state index is 0. The van der Waals surface area contributed by atoms with Crippen LogP contribution in [0, 0.1) is 0 Å². The van der Waals surface area contributed by atoms with E-state index in [9.17, 15) is 18.1 Å². The Hall–Kier alpha value is 1.51. The van der Waals surface area contributed by atoms with Crippen LogP contribution in [0.4, 0.5) is 0 Å². The summed E-state index contributed by atoms with van der Waals surface area (Å²) in [5.74, 6) is -0.454. The van der Waals surface area contributed by atoms with Crippen LogP contribution in [0.25, 0.3) is 0 Å². The van der Waals surface area contributed by atoms with Crippen molar-refractivity contribution in [2.45, 2.75) is 64.4 Å². The van der Waals surface area contributed by atoms with Gasteiger partial charge in [0.15, 0.2) is 0 Å². The van der Waals surface area contributed by atoms with Crippen molar-refractivity contribution in [1.82, 2.24) is 0 Å². The van der Waals surface area contributed by atoms with Gasteiger partial charge in [0, 0.05) is 5.75 Å². The van der Waals surface area contributed by atoms with Gasteiger partial charge in [-0.3, -0.25) is 0 Å². The molecule has 0 fully saturated rings. The molecule has 4 nitrogen and oxygen atoms in total. The average molecular weight is 290 g/mol. The van der Waals surface area contributed by atoms with Crippen molar-refractivity contribution < 1.29 is 69.5 Å². The van der Waals surface area contributed by atoms with Crippen LogP contribution in [-0.2, 0) is 10.1 Å². The molecule has 98 valence electrons. The maximum absolute atomic E-state index is 10.3.